The van der Waals surface area contributed by atoms with Crippen molar-refractivity contribution in [2.24, 2.45) is 0 Å². The van der Waals surface area contributed by atoms with E-state index in [-0.39, 0.29) is 5.57 Å². The second kappa shape index (κ2) is 9.53. The largest absolute Gasteiger partial charge is 0.488 e. The molecule has 0 unspecified atom stereocenters. The molecule has 1 aliphatic heterocycles. The number of nitrogens with one attached hydrogen (secondary N) is 1. The minimum Gasteiger partial charge on any atom is -0.488 e. The quantitative estimate of drug-likeness (QED) is 0.441. The lowest BCUT2D eigenvalue weighted by atomic mass is 10.1. The second-order valence-corrected chi connectivity index (χ2v) is 7.79. The van der Waals surface area contributed by atoms with E-state index in [2.05, 4.69) is 5.32 Å². The number of nitrogens with zero attached hydrogens (tertiary/aromatic N) is 1. The Morgan fingerprint density at radius 3 is 2.24 bits per heavy atom. The maximum absolute atomic E-state index is 13.2. The topological polar surface area (TPSA) is 75.7 Å². The minimum atomic E-state index is -0.768. The normalized spacial score (nSPS) is 15.0. The van der Waals surface area contributed by atoms with Gasteiger partial charge in [-0.2, -0.15) is 0 Å². The number of rotatable bonds is 6. The van der Waals surface area contributed by atoms with Gasteiger partial charge in [0, 0.05) is 5.56 Å². The number of carbonyl (C=O) groups is 3. The number of para-hydroxylation sites is 1. The zero-order chi connectivity index (χ0) is 23.4. The third kappa shape index (κ3) is 4.85. The first-order valence-corrected chi connectivity index (χ1v) is 10.7. The molecule has 0 bridgehead atoms. The van der Waals surface area contributed by atoms with Gasteiger partial charge in [-0.15, -0.1) is 0 Å². The molecule has 3 aromatic carbocycles. The Bertz CT molecular complexity index is 1230. The highest BCUT2D eigenvalue weighted by Gasteiger charge is 2.36. The highest BCUT2D eigenvalue weighted by molar-refractivity contribution is 6.39. The lowest BCUT2D eigenvalue weighted by molar-refractivity contribution is -0.122. The molecule has 0 saturated carbocycles. The zero-order valence-electron chi connectivity index (χ0n) is 18.5. The summed E-state index contributed by atoms with van der Waals surface area (Å²) in [6, 6.07) is 21.5. The fraction of sp³-hybridized carbons (Fsp3) is 0.148. The number of amides is 4. The first kappa shape index (κ1) is 22.0. The smallest absolute Gasteiger partial charge is 0.335 e. The van der Waals surface area contributed by atoms with Crippen LogP contribution in [-0.2, 0) is 22.6 Å². The molecule has 33 heavy (non-hydrogen) atoms. The molecule has 0 radical (unpaired) electrons. The Morgan fingerprint density at radius 2 is 1.55 bits per heavy atom. The van der Waals surface area contributed by atoms with Gasteiger partial charge in [0.15, 0.2) is 0 Å². The number of aryl methyl sites for hydroxylation is 2. The van der Waals surface area contributed by atoms with E-state index in [0.717, 1.165) is 28.0 Å². The van der Waals surface area contributed by atoms with Gasteiger partial charge in [0.1, 0.15) is 17.9 Å². The molecule has 1 N–H and O–H groups in total. The van der Waals surface area contributed by atoms with Gasteiger partial charge in [-0.1, -0.05) is 67.1 Å². The Balaban J connectivity index is 1.62. The third-order valence-electron chi connectivity index (χ3n) is 5.44. The van der Waals surface area contributed by atoms with Gasteiger partial charge in [-0.05, 0) is 48.7 Å². The Morgan fingerprint density at radius 1 is 0.879 bits per heavy atom. The number of hydrogen-bond acceptors (Lipinski definition) is 4. The van der Waals surface area contributed by atoms with Crippen LogP contribution >= 0.6 is 0 Å². The van der Waals surface area contributed by atoms with Crippen molar-refractivity contribution in [3.05, 3.63) is 101 Å². The molecular formula is C27H24N2O4. The molecule has 0 spiro atoms. The molecule has 1 heterocycles. The summed E-state index contributed by atoms with van der Waals surface area (Å²) in [6.45, 7) is 4.38. The average Bonchev–Trinajstić information content (AvgIpc) is 2.82. The molecule has 4 rings (SSSR count). The van der Waals surface area contributed by atoms with Gasteiger partial charge in [0.25, 0.3) is 11.8 Å². The number of benzene rings is 3. The van der Waals surface area contributed by atoms with Gasteiger partial charge >= 0.3 is 6.03 Å². The maximum Gasteiger partial charge on any atom is 0.335 e. The monoisotopic (exact) mass is 440 g/mol. The second-order valence-electron chi connectivity index (χ2n) is 7.79. The van der Waals surface area contributed by atoms with E-state index in [0.29, 0.717) is 23.6 Å². The van der Waals surface area contributed by atoms with Crippen LogP contribution in [0.3, 0.4) is 0 Å². The fourth-order valence-corrected chi connectivity index (χ4v) is 3.50. The van der Waals surface area contributed by atoms with Crippen LogP contribution in [0, 0.1) is 6.92 Å². The predicted octanol–water partition coefficient (Wildman–Crippen LogP) is 4.80. The van der Waals surface area contributed by atoms with Gasteiger partial charge in [0.05, 0.1) is 5.69 Å². The van der Waals surface area contributed by atoms with Crippen LogP contribution in [0.2, 0.25) is 0 Å². The summed E-state index contributed by atoms with van der Waals surface area (Å²) in [5.74, 6) is -0.886. The molecule has 1 saturated heterocycles. The highest BCUT2D eigenvalue weighted by Crippen LogP contribution is 2.26. The van der Waals surface area contributed by atoms with Crippen molar-refractivity contribution in [3.8, 4) is 5.75 Å². The van der Waals surface area contributed by atoms with Crippen molar-refractivity contribution in [1.29, 1.82) is 0 Å². The van der Waals surface area contributed by atoms with Crippen molar-refractivity contribution in [3.63, 3.8) is 0 Å². The summed E-state index contributed by atoms with van der Waals surface area (Å²) in [5.41, 5.74) is 4.07. The van der Waals surface area contributed by atoms with Crippen molar-refractivity contribution >= 4 is 29.6 Å². The fourth-order valence-electron chi connectivity index (χ4n) is 3.50. The van der Waals surface area contributed by atoms with Crippen LogP contribution in [0.25, 0.3) is 6.08 Å². The van der Waals surface area contributed by atoms with Crippen molar-refractivity contribution in [1.82, 2.24) is 5.32 Å². The molecule has 3 aromatic rings. The molecule has 6 nitrogen and oxygen atoms in total. The van der Waals surface area contributed by atoms with E-state index in [1.165, 1.54) is 6.08 Å². The lowest BCUT2D eigenvalue weighted by Crippen LogP contribution is -2.54. The Kier molecular flexibility index (Phi) is 6.36. The van der Waals surface area contributed by atoms with Gasteiger partial charge < -0.3 is 4.74 Å². The van der Waals surface area contributed by atoms with Gasteiger partial charge in [0.2, 0.25) is 0 Å². The number of hydrogen-bond donors (Lipinski definition) is 1. The molecule has 166 valence electrons. The molecular weight excluding hydrogens is 416 g/mol. The Hall–Kier alpha value is -4.19. The molecule has 0 atom stereocenters. The Labute approximate surface area is 192 Å². The number of urea groups is 1. The van der Waals surface area contributed by atoms with E-state index >= 15 is 0 Å². The van der Waals surface area contributed by atoms with Gasteiger partial charge in [-0.25, -0.2) is 9.69 Å². The number of carbonyl (C=O) groups excluding carboxylic acids is 3. The molecule has 0 aromatic heterocycles. The van der Waals surface area contributed by atoms with Crippen LogP contribution in [0.5, 0.6) is 5.75 Å². The standard InChI is InChI=1S/C27H24N2O4/c1-3-19-12-14-22(15-13-19)29-26(31)23(25(30)28-27(29)32)16-21-6-4-5-7-24(21)33-17-20-10-8-18(2)9-11-20/h4-16H,3,17H2,1-2H3,(H,28,30,32)/b23-16+. The first-order chi connectivity index (χ1) is 16.0. The van der Waals surface area contributed by atoms with Crippen LogP contribution in [0.4, 0.5) is 10.5 Å². The third-order valence-corrected chi connectivity index (χ3v) is 5.44. The SMILES string of the molecule is CCc1ccc(N2C(=O)NC(=O)/C(=C\c3ccccc3OCc3ccc(C)cc3)C2=O)cc1. The van der Waals surface area contributed by atoms with E-state index in [4.69, 9.17) is 4.74 Å². The van der Waals surface area contributed by atoms with Crippen LogP contribution < -0.4 is 15.0 Å². The summed E-state index contributed by atoms with van der Waals surface area (Å²) in [4.78, 5) is 39.1. The molecule has 0 aliphatic carbocycles. The number of imide groups is 2. The number of ether oxygens (including phenoxy) is 1. The minimum absolute atomic E-state index is 0.138. The summed E-state index contributed by atoms with van der Waals surface area (Å²) in [5, 5.41) is 2.26. The van der Waals surface area contributed by atoms with Crippen LogP contribution in [0.1, 0.15) is 29.2 Å². The summed E-state index contributed by atoms with van der Waals surface area (Å²) in [6.07, 6.45) is 2.30. The summed E-state index contributed by atoms with van der Waals surface area (Å²) < 4.78 is 5.97. The number of anilines is 1. The number of barbiturate groups is 1. The van der Waals surface area contributed by atoms with Gasteiger partial charge in [-0.3, -0.25) is 14.9 Å². The summed E-state index contributed by atoms with van der Waals surface area (Å²) >= 11 is 0. The van der Waals surface area contributed by atoms with Crippen molar-refractivity contribution < 1.29 is 19.1 Å². The van der Waals surface area contributed by atoms with E-state index in [1.54, 1.807) is 30.3 Å². The molecule has 4 amide bonds. The maximum atomic E-state index is 13.2. The highest BCUT2D eigenvalue weighted by atomic mass is 16.5. The lowest BCUT2D eigenvalue weighted by Gasteiger charge is -2.26. The van der Waals surface area contributed by atoms with Crippen LogP contribution in [0.15, 0.2) is 78.4 Å². The summed E-state index contributed by atoms with van der Waals surface area (Å²) in [7, 11) is 0. The zero-order valence-corrected chi connectivity index (χ0v) is 18.5. The van der Waals surface area contributed by atoms with Crippen molar-refractivity contribution in [2.45, 2.75) is 26.9 Å². The van der Waals surface area contributed by atoms with E-state index in [9.17, 15) is 14.4 Å². The van der Waals surface area contributed by atoms with E-state index < -0.39 is 17.8 Å². The predicted molar refractivity (Wildman–Crippen MR) is 127 cm³/mol. The molecule has 6 heteroatoms. The van der Waals surface area contributed by atoms with Crippen molar-refractivity contribution in [2.75, 3.05) is 4.90 Å². The first-order valence-electron chi connectivity index (χ1n) is 10.7. The molecule has 1 fully saturated rings. The average molecular weight is 440 g/mol. The van der Waals surface area contributed by atoms with Crippen LogP contribution in [-0.4, -0.2) is 17.8 Å². The van der Waals surface area contributed by atoms with E-state index in [1.807, 2.05) is 56.3 Å². The molecule has 1 aliphatic rings.